The van der Waals surface area contributed by atoms with Gasteiger partial charge in [-0.1, -0.05) is 18.6 Å². The second-order valence-corrected chi connectivity index (χ2v) is 8.75. The van der Waals surface area contributed by atoms with Crippen molar-refractivity contribution in [2.45, 2.75) is 46.0 Å². The Kier molecular flexibility index (Phi) is 3.70. The first kappa shape index (κ1) is 16.9. The molecule has 0 aromatic rings. The minimum absolute atomic E-state index is 0.0106. The number of allylic oxidation sites excluding steroid dienone is 4. The summed E-state index contributed by atoms with van der Waals surface area (Å²) in [5.41, 5.74) is 0.131. The summed E-state index contributed by atoms with van der Waals surface area (Å²) in [6, 6.07) is 0. The third-order valence-corrected chi connectivity index (χ3v) is 7.77. The van der Waals surface area contributed by atoms with Crippen LogP contribution in [0.25, 0.3) is 0 Å². The smallest absolute Gasteiger partial charge is 0.178 e. The van der Waals surface area contributed by atoms with Gasteiger partial charge in [-0.3, -0.25) is 14.4 Å². The quantitative estimate of drug-likeness (QED) is 0.837. The van der Waals surface area contributed by atoms with Crippen molar-refractivity contribution in [2.24, 2.45) is 34.5 Å². The van der Waals surface area contributed by atoms with Gasteiger partial charge in [-0.25, -0.2) is 0 Å². The van der Waals surface area contributed by atoms with E-state index < -0.39 is 5.41 Å². The standard InChI is InChI=1S/C21H26O4/c1-12(23)16-5-6-17-15-4-3-13-9-14(24)7-8-20(13,2)19(15)18(25)10-21(16,17)11-22/h7-9,15-17,19,22H,3-6,10-11H2,1-2H3/t15-,16+,17-,19+,20-,21-/m0/s1. The summed E-state index contributed by atoms with van der Waals surface area (Å²) in [6.45, 7) is 3.60. The Hall–Kier alpha value is -1.55. The minimum Gasteiger partial charge on any atom is -0.396 e. The zero-order valence-electron chi connectivity index (χ0n) is 15.0. The van der Waals surface area contributed by atoms with Crippen LogP contribution in [-0.2, 0) is 14.4 Å². The van der Waals surface area contributed by atoms with Gasteiger partial charge in [-0.15, -0.1) is 0 Å². The topological polar surface area (TPSA) is 71.4 Å². The normalized spacial score (nSPS) is 45.5. The zero-order valence-corrected chi connectivity index (χ0v) is 15.0. The molecular formula is C21H26O4. The van der Waals surface area contributed by atoms with Crippen molar-refractivity contribution in [3.8, 4) is 0 Å². The average molecular weight is 342 g/mol. The van der Waals surface area contributed by atoms with E-state index in [2.05, 4.69) is 6.92 Å². The van der Waals surface area contributed by atoms with Crippen LogP contribution in [0, 0.1) is 34.5 Å². The van der Waals surface area contributed by atoms with Crippen LogP contribution in [-0.4, -0.2) is 29.1 Å². The fourth-order valence-corrected chi connectivity index (χ4v) is 6.72. The predicted octanol–water partition coefficient (Wildman–Crippen LogP) is 2.65. The van der Waals surface area contributed by atoms with Gasteiger partial charge >= 0.3 is 0 Å². The van der Waals surface area contributed by atoms with Crippen LogP contribution in [0.4, 0.5) is 0 Å². The first-order valence-corrected chi connectivity index (χ1v) is 9.42. The number of rotatable bonds is 2. The number of hydrogen-bond donors (Lipinski definition) is 1. The van der Waals surface area contributed by atoms with Crippen LogP contribution < -0.4 is 0 Å². The van der Waals surface area contributed by atoms with Crippen LogP contribution in [0.2, 0.25) is 0 Å². The Bertz CT molecular complexity index is 717. The van der Waals surface area contributed by atoms with E-state index in [0.29, 0.717) is 6.42 Å². The Labute approximate surface area is 148 Å². The van der Waals surface area contributed by atoms with Gasteiger partial charge in [0.15, 0.2) is 5.78 Å². The fourth-order valence-electron chi connectivity index (χ4n) is 6.72. The molecule has 0 saturated heterocycles. The summed E-state index contributed by atoms with van der Waals surface area (Å²) in [5, 5.41) is 10.2. The second kappa shape index (κ2) is 5.47. The van der Waals surface area contributed by atoms with Crippen molar-refractivity contribution in [2.75, 3.05) is 6.61 Å². The molecule has 0 spiro atoms. The van der Waals surface area contributed by atoms with Gasteiger partial charge in [0.05, 0.1) is 6.61 Å². The molecule has 4 heteroatoms. The number of ketones is 3. The average Bonchev–Trinajstić information content (AvgIpc) is 2.95. The van der Waals surface area contributed by atoms with Crippen LogP contribution in [0.15, 0.2) is 23.8 Å². The van der Waals surface area contributed by atoms with Crippen molar-refractivity contribution in [3.63, 3.8) is 0 Å². The van der Waals surface area contributed by atoms with E-state index in [0.717, 1.165) is 31.3 Å². The minimum atomic E-state index is -0.560. The van der Waals surface area contributed by atoms with Gasteiger partial charge in [-0.2, -0.15) is 0 Å². The van der Waals surface area contributed by atoms with Crippen molar-refractivity contribution in [1.82, 2.24) is 0 Å². The highest BCUT2D eigenvalue weighted by Gasteiger charge is 2.63. The highest BCUT2D eigenvalue weighted by Crippen LogP contribution is 2.64. The number of carbonyl (C=O) groups excluding carboxylic acids is 3. The third kappa shape index (κ3) is 2.13. The Morgan fingerprint density at radius 3 is 2.72 bits per heavy atom. The van der Waals surface area contributed by atoms with Gasteiger partial charge in [-0.05, 0) is 56.6 Å². The van der Waals surface area contributed by atoms with Gasteiger partial charge in [0.1, 0.15) is 11.6 Å². The van der Waals surface area contributed by atoms with Crippen LogP contribution in [0.1, 0.15) is 46.0 Å². The molecule has 0 aliphatic heterocycles. The second-order valence-electron chi connectivity index (χ2n) is 8.75. The summed E-state index contributed by atoms with van der Waals surface area (Å²) in [5.74, 6) is 0.365. The highest BCUT2D eigenvalue weighted by atomic mass is 16.3. The molecule has 134 valence electrons. The Morgan fingerprint density at radius 2 is 2.04 bits per heavy atom. The molecule has 6 atom stereocenters. The number of aliphatic hydroxyl groups is 1. The van der Waals surface area contributed by atoms with Crippen molar-refractivity contribution < 1.29 is 19.5 Å². The van der Waals surface area contributed by atoms with Crippen LogP contribution in [0.5, 0.6) is 0 Å². The Morgan fingerprint density at radius 1 is 1.28 bits per heavy atom. The molecule has 4 aliphatic carbocycles. The molecule has 1 N–H and O–H groups in total. The monoisotopic (exact) mass is 342 g/mol. The summed E-state index contributed by atoms with van der Waals surface area (Å²) < 4.78 is 0. The number of fused-ring (bicyclic) bond motifs is 5. The van der Waals surface area contributed by atoms with E-state index in [-0.39, 0.29) is 53.0 Å². The maximum absolute atomic E-state index is 13.3. The lowest BCUT2D eigenvalue weighted by Crippen LogP contribution is -2.56. The first-order valence-electron chi connectivity index (χ1n) is 9.42. The zero-order chi connectivity index (χ0) is 18.0. The highest BCUT2D eigenvalue weighted by molar-refractivity contribution is 6.01. The summed E-state index contributed by atoms with van der Waals surface area (Å²) in [4.78, 5) is 37.2. The van der Waals surface area contributed by atoms with Gasteiger partial charge in [0.2, 0.25) is 0 Å². The summed E-state index contributed by atoms with van der Waals surface area (Å²) >= 11 is 0. The number of Topliss-reactive ketones (excluding diaryl/α,β-unsaturated/α-hetero) is 2. The molecule has 0 bridgehead atoms. The molecule has 0 amide bonds. The largest absolute Gasteiger partial charge is 0.396 e. The van der Waals surface area contributed by atoms with Crippen LogP contribution >= 0.6 is 0 Å². The maximum Gasteiger partial charge on any atom is 0.178 e. The molecule has 0 heterocycles. The molecule has 0 unspecified atom stereocenters. The maximum atomic E-state index is 13.3. The lowest BCUT2D eigenvalue weighted by molar-refractivity contribution is -0.150. The van der Waals surface area contributed by atoms with E-state index >= 15 is 0 Å². The number of aliphatic hydroxyl groups excluding tert-OH is 1. The molecular weight excluding hydrogens is 316 g/mol. The van der Waals surface area contributed by atoms with E-state index in [1.165, 1.54) is 0 Å². The van der Waals surface area contributed by atoms with Crippen molar-refractivity contribution >= 4 is 17.3 Å². The molecule has 0 radical (unpaired) electrons. The van der Waals surface area contributed by atoms with Crippen molar-refractivity contribution in [1.29, 1.82) is 0 Å². The molecule has 0 aromatic carbocycles. The SMILES string of the molecule is CC(=O)[C@H]1CC[C@H]2[C@@H]3CCC4=CC(=O)C=C[C@]4(C)[C@H]3C(=O)C[C@]12CO. The molecule has 0 aromatic heterocycles. The Balaban J connectivity index is 1.77. The first-order chi connectivity index (χ1) is 11.8. The molecule has 25 heavy (non-hydrogen) atoms. The molecule has 3 saturated carbocycles. The third-order valence-electron chi connectivity index (χ3n) is 7.77. The predicted molar refractivity (Wildman–Crippen MR) is 92.6 cm³/mol. The molecule has 4 nitrogen and oxygen atoms in total. The molecule has 4 aliphatic rings. The van der Waals surface area contributed by atoms with Crippen molar-refractivity contribution in [3.05, 3.63) is 23.8 Å². The van der Waals surface area contributed by atoms with Gasteiger partial charge < -0.3 is 5.11 Å². The lowest BCUT2D eigenvalue weighted by atomic mass is 9.47. The summed E-state index contributed by atoms with van der Waals surface area (Å²) in [6.07, 6.45) is 8.93. The van der Waals surface area contributed by atoms with E-state index in [4.69, 9.17) is 0 Å². The fraction of sp³-hybridized carbons (Fsp3) is 0.667. The lowest BCUT2D eigenvalue weighted by Gasteiger charge is -2.56. The van der Waals surface area contributed by atoms with E-state index in [9.17, 15) is 19.5 Å². The summed E-state index contributed by atoms with van der Waals surface area (Å²) in [7, 11) is 0. The molecule has 3 fully saturated rings. The van der Waals surface area contributed by atoms with Gasteiger partial charge in [0, 0.05) is 29.1 Å². The van der Waals surface area contributed by atoms with E-state index in [1.54, 1.807) is 19.1 Å². The number of carbonyl (C=O) groups is 3. The molecule has 4 rings (SSSR count). The van der Waals surface area contributed by atoms with E-state index in [1.807, 2.05) is 6.08 Å². The number of hydrogen-bond acceptors (Lipinski definition) is 4. The van der Waals surface area contributed by atoms with Crippen LogP contribution in [0.3, 0.4) is 0 Å². The van der Waals surface area contributed by atoms with Gasteiger partial charge in [0.25, 0.3) is 0 Å².